The molecule has 0 spiro atoms. The number of aromatic nitrogens is 1. The zero-order valence-electron chi connectivity index (χ0n) is 27.9. The minimum atomic E-state index is -0.864. The van der Waals surface area contributed by atoms with Gasteiger partial charge in [-0.05, 0) is 79.8 Å². The normalized spacial score (nSPS) is 14.0. The molecule has 2 heterocycles. The second kappa shape index (κ2) is 16.1. The number of esters is 2. The molecular weight excluding hydrogens is 644 g/mol. The average Bonchev–Trinajstić information content (AvgIpc) is 3.40. The van der Waals surface area contributed by atoms with Crippen molar-refractivity contribution < 1.29 is 33.3 Å². The topological polar surface area (TPSA) is 115 Å². The van der Waals surface area contributed by atoms with E-state index >= 15 is 0 Å². The first-order chi connectivity index (χ1) is 23.8. The molecule has 0 N–H and O–H groups in total. The van der Waals surface area contributed by atoms with E-state index in [0.717, 1.165) is 22.4 Å². The molecule has 1 aliphatic heterocycles. The van der Waals surface area contributed by atoms with Gasteiger partial charge in [0.05, 0.1) is 42.2 Å². The summed E-state index contributed by atoms with van der Waals surface area (Å²) in [4.78, 5) is 44.5. The van der Waals surface area contributed by atoms with Crippen LogP contribution in [0.3, 0.4) is 0 Å². The molecule has 11 heteroatoms. The molecule has 0 aliphatic carbocycles. The number of ether oxygens (including phenoxy) is 5. The number of hydrogen-bond donors (Lipinski definition) is 0. The Kier molecular flexibility index (Phi) is 11.5. The first kappa shape index (κ1) is 34.9. The molecule has 0 radical (unpaired) electrons. The molecule has 1 aromatic heterocycles. The van der Waals surface area contributed by atoms with Crippen molar-refractivity contribution in [2.75, 3.05) is 26.9 Å². The molecule has 0 amide bonds. The van der Waals surface area contributed by atoms with E-state index in [1.165, 1.54) is 23.0 Å². The third-order valence-electron chi connectivity index (χ3n) is 7.66. The number of methoxy groups -OCH3 is 1. The molecule has 1 atom stereocenters. The van der Waals surface area contributed by atoms with Crippen LogP contribution < -0.4 is 29.1 Å². The van der Waals surface area contributed by atoms with Gasteiger partial charge in [-0.2, -0.15) is 0 Å². The number of thiazole rings is 1. The van der Waals surface area contributed by atoms with Crippen LogP contribution in [0.25, 0.3) is 6.08 Å². The summed E-state index contributed by atoms with van der Waals surface area (Å²) in [7, 11) is 1.27. The minimum Gasteiger partial charge on any atom is -0.490 e. The van der Waals surface area contributed by atoms with Gasteiger partial charge in [0.15, 0.2) is 22.9 Å². The zero-order valence-corrected chi connectivity index (χ0v) is 28.7. The van der Waals surface area contributed by atoms with Crippen LogP contribution in [0, 0.1) is 0 Å². The maximum atomic E-state index is 14.2. The fourth-order valence-electron chi connectivity index (χ4n) is 5.42. The van der Waals surface area contributed by atoms with Crippen molar-refractivity contribution in [3.63, 3.8) is 0 Å². The molecule has 3 aromatic carbocycles. The van der Waals surface area contributed by atoms with Gasteiger partial charge in [0.25, 0.3) is 5.56 Å². The van der Waals surface area contributed by atoms with Crippen LogP contribution in [0.4, 0.5) is 0 Å². The van der Waals surface area contributed by atoms with E-state index in [9.17, 15) is 14.4 Å². The van der Waals surface area contributed by atoms with Crippen LogP contribution in [0.1, 0.15) is 49.1 Å². The lowest BCUT2D eigenvalue weighted by atomic mass is 9.95. The summed E-state index contributed by atoms with van der Waals surface area (Å²) in [6.07, 6.45) is 4.20. The Morgan fingerprint density at radius 1 is 0.959 bits per heavy atom. The van der Waals surface area contributed by atoms with Crippen LogP contribution >= 0.6 is 11.3 Å². The van der Waals surface area contributed by atoms with E-state index < -0.39 is 18.0 Å². The Morgan fingerprint density at radius 2 is 1.73 bits per heavy atom. The molecule has 0 fully saturated rings. The molecule has 10 nitrogen and oxygen atoms in total. The van der Waals surface area contributed by atoms with Gasteiger partial charge in [-0.1, -0.05) is 59.9 Å². The highest BCUT2D eigenvalue weighted by Gasteiger charge is 2.34. The van der Waals surface area contributed by atoms with Crippen molar-refractivity contribution >= 4 is 29.4 Å². The molecule has 4 aromatic rings. The van der Waals surface area contributed by atoms with Gasteiger partial charge in [-0.15, -0.1) is 6.58 Å². The van der Waals surface area contributed by atoms with Gasteiger partial charge in [0, 0.05) is 0 Å². The van der Waals surface area contributed by atoms with Crippen LogP contribution in [0.2, 0.25) is 0 Å². The highest BCUT2D eigenvalue weighted by molar-refractivity contribution is 7.07. The summed E-state index contributed by atoms with van der Waals surface area (Å²) in [5.74, 6) is 0.266. The Morgan fingerprint density at radius 3 is 2.45 bits per heavy atom. The fourth-order valence-corrected chi connectivity index (χ4v) is 6.46. The summed E-state index contributed by atoms with van der Waals surface area (Å²) in [5, 5.41) is 0. The average molecular weight is 683 g/mol. The van der Waals surface area contributed by atoms with Gasteiger partial charge in [0.1, 0.15) is 12.4 Å². The van der Waals surface area contributed by atoms with E-state index in [1.54, 1.807) is 32.0 Å². The van der Waals surface area contributed by atoms with E-state index in [2.05, 4.69) is 11.6 Å². The summed E-state index contributed by atoms with van der Waals surface area (Å²) < 4.78 is 29.7. The Labute approximate surface area is 288 Å². The first-order valence-corrected chi connectivity index (χ1v) is 16.7. The van der Waals surface area contributed by atoms with Crippen molar-refractivity contribution in [2.24, 2.45) is 4.99 Å². The molecule has 5 rings (SSSR count). The van der Waals surface area contributed by atoms with Crippen LogP contribution in [-0.2, 0) is 32.1 Å². The molecule has 0 bridgehead atoms. The molecule has 0 saturated carbocycles. The highest BCUT2D eigenvalue weighted by Crippen LogP contribution is 2.36. The van der Waals surface area contributed by atoms with E-state index in [0.29, 0.717) is 51.7 Å². The largest absolute Gasteiger partial charge is 0.490 e. The first-order valence-electron chi connectivity index (χ1n) is 15.8. The van der Waals surface area contributed by atoms with Crippen molar-refractivity contribution in [3.8, 4) is 17.2 Å². The van der Waals surface area contributed by atoms with Crippen molar-refractivity contribution in [1.29, 1.82) is 0 Å². The third-order valence-corrected chi connectivity index (χ3v) is 8.64. The smallest absolute Gasteiger partial charge is 0.343 e. The second-order valence-corrected chi connectivity index (χ2v) is 11.9. The number of fused-ring (bicyclic) bond motifs is 1. The van der Waals surface area contributed by atoms with E-state index in [1.807, 2.05) is 67.6 Å². The van der Waals surface area contributed by atoms with Crippen molar-refractivity contribution in [2.45, 2.75) is 39.8 Å². The fraction of sp³-hybridized carbons (Fsp3) is 0.263. The zero-order chi connectivity index (χ0) is 34.9. The lowest BCUT2D eigenvalue weighted by molar-refractivity contribution is -0.143. The number of rotatable bonds is 14. The molecule has 1 aliphatic rings. The Balaban J connectivity index is 1.58. The number of hydrogen-bond acceptors (Lipinski definition) is 10. The SMILES string of the molecule is C=CCc1cc(/C=c2\sc3n(c2=O)[C@@H](c2ccc(OCC(=O)OC)c(OCC)c2)C(C(=O)OCC)=C(C)N=3)ccc1OCc1ccccc1. The minimum absolute atomic E-state index is 0.148. The lowest BCUT2D eigenvalue weighted by Crippen LogP contribution is -2.40. The van der Waals surface area contributed by atoms with Crippen LogP contribution in [0.15, 0.2) is 100 Å². The Bertz CT molecular complexity index is 2060. The number of allylic oxidation sites excluding steroid dienone is 2. The van der Waals surface area contributed by atoms with E-state index in [4.69, 9.17) is 23.7 Å². The van der Waals surface area contributed by atoms with Gasteiger partial charge >= 0.3 is 11.9 Å². The highest BCUT2D eigenvalue weighted by atomic mass is 32.1. The number of nitrogens with zero attached hydrogens (tertiary/aromatic N) is 2. The lowest BCUT2D eigenvalue weighted by Gasteiger charge is -2.25. The summed E-state index contributed by atoms with van der Waals surface area (Å²) in [6, 6.07) is 19.9. The Hall–Kier alpha value is -5.42. The summed E-state index contributed by atoms with van der Waals surface area (Å²) in [6.45, 7) is 9.73. The van der Waals surface area contributed by atoms with Crippen molar-refractivity contribution in [1.82, 2.24) is 4.57 Å². The van der Waals surface area contributed by atoms with Gasteiger partial charge in [-0.3, -0.25) is 9.36 Å². The van der Waals surface area contributed by atoms with Crippen LogP contribution in [-0.4, -0.2) is 43.4 Å². The molecular formula is C38H38N2O8S. The van der Waals surface area contributed by atoms with Gasteiger partial charge in [-0.25, -0.2) is 14.6 Å². The standard InChI is InChI=1S/C38H38N2O8S/c1-6-12-27-19-26(15-17-29(27)47-22-25-13-10-9-11-14-25)20-32-36(42)40-35(34(37(43)46-8-3)24(4)39-38(40)49-32)28-16-18-30(31(21-28)45-7-2)48-23-33(41)44-5/h6,9-11,13-21,35H,1,7-8,12,22-23H2,2-5H3/b32-20-/t35-/m0/s1. The molecule has 0 saturated heterocycles. The monoisotopic (exact) mass is 682 g/mol. The van der Waals surface area contributed by atoms with E-state index in [-0.39, 0.29) is 24.3 Å². The second-order valence-electron chi connectivity index (χ2n) is 10.9. The maximum absolute atomic E-state index is 14.2. The van der Waals surface area contributed by atoms with Gasteiger partial charge in [0.2, 0.25) is 0 Å². The maximum Gasteiger partial charge on any atom is 0.343 e. The molecule has 49 heavy (non-hydrogen) atoms. The van der Waals surface area contributed by atoms with Crippen molar-refractivity contribution in [3.05, 3.63) is 133 Å². The molecule has 254 valence electrons. The van der Waals surface area contributed by atoms with Crippen LogP contribution in [0.5, 0.6) is 17.2 Å². The predicted octanol–water partition coefficient (Wildman–Crippen LogP) is 5.06. The summed E-state index contributed by atoms with van der Waals surface area (Å²) >= 11 is 1.23. The number of carbonyl (C=O) groups is 2. The third kappa shape index (κ3) is 8.01. The summed E-state index contributed by atoms with van der Waals surface area (Å²) in [5.41, 5.74) is 3.73. The number of benzene rings is 3. The number of carbonyl (C=O) groups excluding carboxylic acids is 2. The quantitative estimate of drug-likeness (QED) is 0.134. The van der Waals surface area contributed by atoms with Gasteiger partial charge < -0.3 is 23.7 Å². The predicted molar refractivity (Wildman–Crippen MR) is 187 cm³/mol. The molecule has 0 unspecified atom stereocenters.